The molecule has 0 unspecified atom stereocenters. The summed E-state index contributed by atoms with van der Waals surface area (Å²) in [5.41, 5.74) is 3.86. The lowest BCUT2D eigenvalue weighted by Gasteiger charge is -2.40. The van der Waals surface area contributed by atoms with Gasteiger partial charge in [-0.2, -0.15) is 4.52 Å². The van der Waals surface area contributed by atoms with Crippen LogP contribution in [0, 0.1) is 5.92 Å². The first kappa shape index (κ1) is 14.3. The zero-order chi connectivity index (χ0) is 15.9. The van der Waals surface area contributed by atoms with Gasteiger partial charge in [0.1, 0.15) is 5.82 Å². The number of nitrogens with zero attached hydrogens (tertiary/aromatic N) is 6. The molecule has 1 saturated heterocycles. The molecule has 0 spiro atoms. The minimum absolute atomic E-state index is 0.557. The number of nitrogens with one attached hydrogen (secondary N) is 1. The Morgan fingerprint density at radius 1 is 1.21 bits per heavy atom. The summed E-state index contributed by atoms with van der Waals surface area (Å²) in [7, 11) is 0. The van der Waals surface area contributed by atoms with Gasteiger partial charge in [0.2, 0.25) is 0 Å². The lowest BCUT2D eigenvalue weighted by Crippen LogP contribution is -2.51. The molecular weight excluding hydrogens is 322 g/mol. The highest BCUT2D eigenvalue weighted by Gasteiger charge is 2.31. The SMILES string of the molecule is c1nc(CNCC2CN(c3ccc4nnc(C5CC5)n4n3)C2)cs1. The highest BCUT2D eigenvalue weighted by atomic mass is 32.1. The van der Waals surface area contributed by atoms with E-state index < -0.39 is 0 Å². The zero-order valence-corrected chi connectivity index (χ0v) is 14.1. The molecule has 3 aromatic rings. The minimum Gasteiger partial charge on any atom is -0.354 e. The van der Waals surface area contributed by atoms with Gasteiger partial charge in [-0.25, -0.2) is 4.98 Å². The van der Waals surface area contributed by atoms with E-state index in [0.717, 1.165) is 49.2 Å². The normalized spacial score (nSPS) is 18.2. The molecule has 7 nitrogen and oxygen atoms in total. The van der Waals surface area contributed by atoms with E-state index in [2.05, 4.69) is 36.8 Å². The van der Waals surface area contributed by atoms with Crippen LogP contribution in [0.5, 0.6) is 0 Å². The third-order valence-electron chi connectivity index (χ3n) is 4.72. The van der Waals surface area contributed by atoms with E-state index in [-0.39, 0.29) is 0 Å². The molecule has 4 heterocycles. The number of rotatable bonds is 6. The number of fused-ring (bicyclic) bond motifs is 1. The van der Waals surface area contributed by atoms with Gasteiger partial charge in [-0.15, -0.1) is 26.6 Å². The maximum absolute atomic E-state index is 4.76. The van der Waals surface area contributed by atoms with Crippen molar-refractivity contribution in [3.05, 3.63) is 34.5 Å². The number of aromatic nitrogens is 5. The number of hydrogen-bond donors (Lipinski definition) is 1. The van der Waals surface area contributed by atoms with Crippen LogP contribution in [0.2, 0.25) is 0 Å². The fourth-order valence-corrected chi connectivity index (χ4v) is 3.73. The third-order valence-corrected chi connectivity index (χ3v) is 5.35. The van der Waals surface area contributed by atoms with Crippen molar-refractivity contribution < 1.29 is 0 Å². The molecule has 0 atom stereocenters. The van der Waals surface area contributed by atoms with Gasteiger partial charge < -0.3 is 10.2 Å². The largest absolute Gasteiger partial charge is 0.354 e. The van der Waals surface area contributed by atoms with Crippen LogP contribution >= 0.6 is 11.3 Å². The van der Waals surface area contributed by atoms with E-state index in [9.17, 15) is 0 Å². The maximum Gasteiger partial charge on any atom is 0.178 e. The molecule has 0 bridgehead atoms. The van der Waals surface area contributed by atoms with Crippen LogP contribution in [-0.2, 0) is 6.54 Å². The predicted octanol–water partition coefficient (Wildman–Crippen LogP) is 1.68. The Morgan fingerprint density at radius 3 is 2.92 bits per heavy atom. The van der Waals surface area contributed by atoms with Gasteiger partial charge in [0.05, 0.1) is 11.2 Å². The van der Waals surface area contributed by atoms with E-state index in [1.807, 2.05) is 16.1 Å². The molecular formula is C16H19N7S. The third kappa shape index (κ3) is 2.65. The Balaban J connectivity index is 1.19. The minimum atomic E-state index is 0.557. The Kier molecular flexibility index (Phi) is 3.45. The van der Waals surface area contributed by atoms with E-state index in [4.69, 9.17) is 5.10 Å². The Hall–Kier alpha value is -2.06. The first-order chi connectivity index (χ1) is 11.9. The van der Waals surface area contributed by atoms with E-state index in [1.165, 1.54) is 12.8 Å². The van der Waals surface area contributed by atoms with Crippen molar-refractivity contribution in [2.24, 2.45) is 5.92 Å². The van der Waals surface area contributed by atoms with Gasteiger partial charge in [0.15, 0.2) is 11.5 Å². The number of hydrogen-bond acceptors (Lipinski definition) is 7. The molecule has 0 amide bonds. The summed E-state index contributed by atoms with van der Waals surface area (Å²) >= 11 is 1.64. The molecule has 1 N–H and O–H groups in total. The topological polar surface area (TPSA) is 71.2 Å². The van der Waals surface area contributed by atoms with E-state index >= 15 is 0 Å². The summed E-state index contributed by atoms with van der Waals surface area (Å²) in [4.78, 5) is 6.62. The van der Waals surface area contributed by atoms with Crippen molar-refractivity contribution in [1.82, 2.24) is 30.1 Å². The lowest BCUT2D eigenvalue weighted by molar-refractivity contribution is 0.380. The quantitative estimate of drug-likeness (QED) is 0.736. The summed E-state index contributed by atoms with van der Waals surface area (Å²) in [5, 5.41) is 18.9. The number of thiazole rings is 1. The molecule has 2 fully saturated rings. The second-order valence-electron chi connectivity index (χ2n) is 6.68. The molecule has 24 heavy (non-hydrogen) atoms. The van der Waals surface area contributed by atoms with Crippen LogP contribution in [0.1, 0.15) is 30.3 Å². The Bertz CT molecular complexity index is 833. The summed E-state index contributed by atoms with van der Waals surface area (Å²) in [6.07, 6.45) is 2.42. The van der Waals surface area contributed by atoms with Crippen molar-refractivity contribution in [3.8, 4) is 0 Å². The smallest absolute Gasteiger partial charge is 0.178 e. The van der Waals surface area contributed by atoms with E-state index in [1.54, 1.807) is 11.3 Å². The maximum atomic E-state index is 4.76. The van der Waals surface area contributed by atoms with Crippen molar-refractivity contribution >= 4 is 22.8 Å². The average Bonchev–Trinajstić information content (AvgIpc) is 3.10. The molecule has 1 aliphatic carbocycles. The Morgan fingerprint density at radius 2 is 2.12 bits per heavy atom. The fourth-order valence-electron chi connectivity index (χ4n) is 3.18. The lowest BCUT2D eigenvalue weighted by atomic mass is 10.0. The molecule has 0 aromatic carbocycles. The van der Waals surface area contributed by atoms with Crippen LogP contribution in [0.4, 0.5) is 5.82 Å². The summed E-state index contributed by atoms with van der Waals surface area (Å²) in [5.74, 6) is 3.28. The van der Waals surface area contributed by atoms with Gasteiger partial charge in [-0.1, -0.05) is 0 Å². The molecule has 8 heteroatoms. The monoisotopic (exact) mass is 341 g/mol. The highest BCUT2D eigenvalue weighted by molar-refractivity contribution is 7.07. The molecule has 3 aromatic heterocycles. The molecule has 0 radical (unpaired) electrons. The van der Waals surface area contributed by atoms with Gasteiger partial charge >= 0.3 is 0 Å². The standard InChI is InChI=1S/C16H19N7S/c1-2-12(1)16-20-19-14-3-4-15(21-23(14)16)22-7-11(8-22)5-17-6-13-9-24-10-18-13/h3-4,9-12,17H,1-2,5-8H2. The summed E-state index contributed by atoms with van der Waals surface area (Å²) in [6.45, 7) is 3.97. The van der Waals surface area contributed by atoms with Gasteiger partial charge in [0.25, 0.3) is 0 Å². The van der Waals surface area contributed by atoms with Gasteiger partial charge in [-0.05, 0) is 25.0 Å². The predicted molar refractivity (Wildman–Crippen MR) is 92.3 cm³/mol. The van der Waals surface area contributed by atoms with Crippen molar-refractivity contribution in [2.45, 2.75) is 25.3 Å². The summed E-state index contributed by atoms with van der Waals surface area (Å²) in [6, 6.07) is 4.08. The van der Waals surface area contributed by atoms with Crippen LogP contribution in [0.25, 0.3) is 5.65 Å². The van der Waals surface area contributed by atoms with Crippen molar-refractivity contribution in [1.29, 1.82) is 0 Å². The zero-order valence-electron chi connectivity index (χ0n) is 13.3. The second kappa shape index (κ2) is 5.78. The fraction of sp³-hybridized carbons (Fsp3) is 0.500. The molecule has 124 valence electrons. The van der Waals surface area contributed by atoms with Crippen LogP contribution in [-0.4, -0.2) is 44.4 Å². The first-order valence-corrected chi connectivity index (χ1v) is 9.36. The molecule has 1 saturated carbocycles. The second-order valence-corrected chi connectivity index (χ2v) is 7.39. The number of anilines is 1. The van der Waals surface area contributed by atoms with Crippen molar-refractivity contribution in [2.75, 3.05) is 24.5 Å². The summed E-state index contributed by atoms with van der Waals surface area (Å²) < 4.78 is 1.93. The van der Waals surface area contributed by atoms with Gasteiger partial charge in [0, 0.05) is 43.4 Å². The highest BCUT2D eigenvalue weighted by Crippen LogP contribution is 2.38. The molecule has 2 aliphatic rings. The van der Waals surface area contributed by atoms with Crippen LogP contribution in [0.3, 0.4) is 0 Å². The molecule has 5 rings (SSSR count). The van der Waals surface area contributed by atoms with Crippen LogP contribution < -0.4 is 10.2 Å². The Labute approximate surface area is 143 Å². The average molecular weight is 341 g/mol. The first-order valence-electron chi connectivity index (χ1n) is 8.42. The van der Waals surface area contributed by atoms with Gasteiger partial charge in [-0.3, -0.25) is 0 Å². The van der Waals surface area contributed by atoms with Crippen LogP contribution in [0.15, 0.2) is 23.0 Å². The van der Waals surface area contributed by atoms with Crippen molar-refractivity contribution in [3.63, 3.8) is 0 Å². The van der Waals surface area contributed by atoms with E-state index in [0.29, 0.717) is 11.8 Å². The molecule has 1 aliphatic heterocycles.